The van der Waals surface area contributed by atoms with Crippen LogP contribution in [0, 0.1) is 0 Å². The molecule has 0 aromatic rings. The fraction of sp³-hybridized carbons (Fsp3) is 0.750. The zero-order valence-corrected chi connectivity index (χ0v) is 5.81. The van der Waals surface area contributed by atoms with Gasteiger partial charge in [0, 0.05) is 23.2 Å². The van der Waals surface area contributed by atoms with E-state index in [1.807, 2.05) is 0 Å². The molecule has 0 aromatic heterocycles. The topological polar surface area (TPSA) is 35.5 Å². The molecule has 0 aliphatic carbocycles. The van der Waals surface area contributed by atoms with Gasteiger partial charge in [0.25, 0.3) is 0 Å². The van der Waals surface area contributed by atoms with E-state index in [1.54, 1.807) is 6.92 Å². The van der Waals surface area contributed by atoms with Crippen molar-refractivity contribution in [2.24, 2.45) is 0 Å². The summed E-state index contributed by atoms with van der Waals surface area (Å²) >= 11 is 0. The Morgan fingerprint density at radius 3 is 2.25 bits per heavy atom. The van der Waals surface area contributed by atoms with Crippen molar-refractivity contribution in [3.05, 3.63) is 0 Å². The van der Waals surface area contributed by atoms with Gasteiger partial charge in [-0.2, -0.15) is 4.89 Å². The van der Waals surface area contributed by atoms with Gasteiger partial charge < -0.3 is 0 Å². The Hall–Kier alpha value is -0.0635. The van der Waals surface area contributed by atoms with Crippen LogP contribution in [-0.2, 0) is 31.3 Å². The summed E-state index contributed by atoms with van der Waals surface area (Å²) in [5, 5.41) is 0. The van der Waals surface area contributed by atoms with Crippen LogP contribution in [0.4, 0.5) is 0 Å². The van der Waals surface area contributed by atoms with Crippen molar-refractivity contribution in [1.82, 2.24) is 0 Å². The van der Waals surface area contributed by atoms with Gasteiger partial charge in [0.15, 0.2) is 0 Å². The van der Waals surface area contributed by atoms with Gasteiger partial charge in [-0.15, -0.1) is 0 Å². The first-order chi connectivity index (χ1) is 3.31. The first kappa shape index (κ1) is 10.8. The molecule has 0 aromatic carbocycles. The molecule has 0 rings (SSSR count). The first-order valence-electron chi connectivity index (χ1n) is 2.04. The zero-order valence-electron chi connectivity index (χ0n) is 4.77. The maximum absolute atomic E-state index is 10.1. The van der Waals surface area contributed by atoms with Gasteiger partial charge >= 0.3 is 5.97 Å². The molecule has 4 heteroatoms. The Balaban J connectivity index is 0. The Morgan fingerprint density at radius 1 is 1.62 bits per heavy atom. The van der Waals surface area contributed by atoms with E-state index in [-0.39, 0.29) is 22.7 Å². The molecule has 1 radical (unpaired) electrons. The summed E-state index contributed by atoms with van der Waals surface area (Å²) in [4.78, 5) is 18.2. The van der Waals surface area contributed by atoms with Crippen molar-refractivity contribution in [2.45, 2.75) is 13.3 Å². The molecule has 51 valence electrons. The summed E-state index contributed by atoms with van der Waals surface area (Å²) in [5.41, 5.74) is 0. The minimum absolute atomic E-state index is 0. The third-order valence-corrected chi connectivity index (χ3v) is 0.465. The number of carbonyl (C=O) groups excluding carboxylic acids is 1. The Kier molecular flexibility index (Phi) is 9.40. The maximum Gasteiger partial charge on any atom is 0.342 e. The summed E-state index contributed by atoms with van der Waals surface area (Å²) in [6.45, 7) is 1.70. The van der Waals surface area contributed by atoms with Gasteiger partial charge in [-0.1, -0.05) is 6.92 Å². The van der Waals surface area contributed by atoms with Crippen molar-refractivity contribution in [3.8, 4) is 0 Å². The summed E-state index contributed by atoms with van der Waals surface area (Å²) in [5.74, 6) is -0.345. The van der Waals surface area contributed by atoms with E-state index in [2.05, 4.69) is 9.78 Å². The van der Waals surface area contributed by atoms with Crippen LogP contribution in [0.15, 0.2) is 0 Å². The SMILES string of the molecule is CCC(=O)OOC.[Co]. The van der Waals surface area contributed by atoms with E-state index in [4.69, 9.17) is 0 Å². The van der Waals surface area contributed by atoms with Crippen molar-refractivity contribution >= 4 is 5.97 Å². The van der Waals surface area contributed by atoms with E-state index < -0.39 is 0 Å². The minimum Gasteiger partial charge on any atom is -0.299 e. The molecule has 0 N–H and O–H groups in total. The third kappa shape index (κ3) is 5.94. The van der Waals surface area contributed by atoms with Gasteiger partial charge in [0.1, 0.15) is 0 Å². The quantitative estimate of drug-likeness (QED) is 0.439. The van der Waals surface area contributed by atoms with Gasteiger partial charge in [-0.05, 0) is 0 Å². The molecular weight excluding hydrogens is 155 g/mol. The molecule has 0 amide bonds. The zero-order chi connectivity index (χ0) is 5.70. The third-order valence-electron chi connectivity index (χ3n) is 0.465. The van der Waals surface area contributed by atoms with Gasteiger partial charge in [-0.3, -0.25) is 4.89 Å². The van der Waals surface area contributed by atoms with E-state index in [0.29, 0.717) is 6.42 Å². The second-order valence-electron chi connectivity index (χ2n) is 0.976. The fourth-order valence-corrected chi connectivity index (χ4v) is 0.152. The van der Waals surface area contributed by atoms with E-state index >= 15 is 0 Å². The van der Waals surface area contributed by atoms with Crippen LogP contribution in [0.3, 0.4) is 0 Å². The van der Waals surface area contributed by atoms with E-state index in [0.717, 1.165) is 0 Å². The van der Waals surface area contributed by atoms with Crippen LogP contribution in [0.2, 0.25) is 0 Å². The molecular formula is C4H8CoO3. The predicted octanol–water partition coefficient (Wildman–Crippen LogP) is 0.498. The molecule has 0 heterocycles. The van der Waals surface area contributed by atoms with E-state index in [1.165, 1.54) is 7.11 Å². The largest absolute Gasteiger partial charge is 0.342 e. The summed E-state index contributed by atoms with van der Waals surface area (Å²) in [6.07, 6.45) is 0.355. The van der Waals surface area contributed by atoms with Crippen molar-refractivity contribution in [2.75, 3.05) is 7.11 Å². The standard InChI is InChI=1S/C4H8O3.Co/c1-3-4(5)7-6-2;/h3H2,1-2H3;. The molecule has 0 saturated carbocycles. The average Bonchev–Trinajstić information content (AvgIpc) is 1.68. The molecule has 0 aliphatic heterocycles. The molecule has 8 heavy (non-hydrogen) atoms. The van der Waals surface area contributed by atoms with Gasteiger partial charge in [0.2, 0.25) is 0 Å². The second-order valence-corrected chi connectivity index (χ2v) is 0.976. The van der Waals surface area contributed by atoms with Crippen molar-refractivity contribution < 1.29 is 31.3 Å². The molecule has 3 nitrogen and oxygen atoms in total. The normalized spacial score (nSPS) is 7.25. The fourth-order valence-electron chi connectivity index (χ4n) is 0.152. The molecule has 0 bridgehead atoms. The van der Waals surface area contributed by atoms with Crippen LogP contribution < -0.4 is 0 Å². The van der Waals surface area contributed by atoms with Crippen LogP contribution in [-0.4, -0.2) is 13.1 Å². The van der Waals surface area contributed by atoms with Gasteiger partial charge in [0.05, 0.1) is 7.11 Å². The maximum atomic E-state index is 10.1. The minimum atomic E-state index is -0.345. The molecule has 0 fully saturated rings. The Labute approximate surface area is 58.5 Å². The Morgan fingerprint density at radius 2 is 2.12 bits per heavy atom. The van der Waals surface area contributed by atoms with Crippen LogP contribution >= 0.6 is 0 Å². The average molecular weight is 163 g/mol. The van der Waals surface area contributed by atoms with Gasteiger partial charge in [-0.25, -0.2) is 4.79 Å². The first-order valence-corrected chi connectivity index (χ1v) is 2.04. The predicted molar refractivity (Wildman–Crippen MR) is 23.4 cm³/mol. The van der Waals surface area contributed by atoms with E-state index in [9.17, 15) is 4.79 Å². The van der Waals surface area contributed by atoms with Crippen molar-refractivity contribution in [1.29, 1.82) is 0 Å². The number of rotatable bonds is 2. The molecule has 0 aliphatic rings. The monoisotopic (exact) mass is 163 g/mol. The summed E-state index contributed by atoms with van der Waals surface area (Å²) in [7, 11) is 1.30. The summed E-state index contributed by atoms with van der Waals surface area (Å²) in [6, 6.07) is 0. The molecule has 0 unspecified atom stereocenters. The molecule has 0 saturated heterocycles. The van der Waals surface area contributed by atoms with Crippen molar-refractivity contribution in [3.63, 3.8) is 0 Å². The number of hydrogen-bond acceptors (Lipinski definition) is 3. The number of carbonyl (C=O) groups is 1. The molecule has 0 atom stereocenters. The van der Waals surface area contributed by atoms with Crippen LogP contribution in [0.5, 0.6) is 0 Å². The van der Waals surface area contributed by atoms with Crippen LogP contribution in [0.25, 0.3) is 0 Å². The number of hydrogen-bond donors (Lipinski definition) is 0. The molecule has 0 spiro atoms. The summed E-state index contributed by atoms with van der Waals surface area (Å²) < 4.78 is 0. The van der Waals surface area contributed by atoms with Crippen LogP contribution in [0.1, 0.15) is 13.3 Å². The second kappa shape index (κ2) is 6.94. The smallest absolute Gasteiger partial charge is 0.299 e. The Bertz CT molecular complexity index is 64.3.